The molecule has 0 unspecified atom stereocenters. The number of nitrogens with one attached hydrogen (secondary N) is 2. The highest BCUT2D eigenvalue weighted by molar-refractivity contribution is 5.24. The minimum absolute atomic E-state index is 0.342. The molecule has 0 spiro atoms. The van der Waals surface area contributed by atoms with E-state index in [0.29, 0.717) is 17.7 Å². The SMILES string of the molecule is Cc1[nH]c(=O)[nH]c(=O)c1Cc1cccnc1. The van der Waals surface area contributed by atoms with Gasteiger partial charge in [0.15, 0.2) is 0 Å². The summed E-state index contributed by atoms with van der Waals surface area (Å²) in [6.45, 7) is 1.71. The molecule has 0 aliphatic rings. The highest BCUT2D eigenvalue weighted by Gasteiger charge is 2.06. The average molecular weight is 217 g/mol. The van der Waals surface area contributed by atoms with Gasteiger partial charge in [-0.2, -0.15) is 0 Å². The molecule has 0 bridgehead atoms. The van der Waals surface area contributed by atoms with Gasteiger partial charge >= 0.3 is 5.69 Å². The Bertz CT molecular complexity index is 599. The minimum Gasteiger partial charge on any atom is -0.311 e. The van der Waals surface area contributed by atoms with E-state index < -0.39 is 5.69 Å². The van der Waals surface area contributed by atoms with E-state index in [9.17, 15) is 9.59 Å². The molecule has 0 radical (unpaired) electrons. The molecule has 0 fully saturated rings. The largest absolute Gasteiger partial charge is 0.325 e. The van der Waals surface area contributed by atoms with Gasteiger partial charge in [0, 0.05) is 30.1 Å². The number of nitrogens with zero attached hydrogens (tertiary/aromatic N) is 1. The third-order valence-electron chi connectivity index (χ3n) is 2.36. The first kappa shape index (κ1) is 10.4. The zero-order chi connectivity index (χ0) is 11.5. The quantitative estimate of drug-likeness (QED) is 0.762. The van der Waals surface area contributed by atoms with Crippen molar-refractivity contribution in [2.45, 2.75) is 13.3 Å². The molecule has 2 N–H and O–H groups in total. The summed E-state index contributed by atoms with van der Waals surface area (Å²) in [5.74, 6) is 0. The fourth-order valence-corrected chi connectivity index (χ4v) is 1.55. The first-order chi connectivity index (χ1) is 7.66. The van der Waals surface area contributed by atoms with E-state index in [-0.39, 0.29) is 5.56 Å². The summed E-state index contributed by atoms with van der Waals surface area (Å²) in [7, 11) is 0. The Balaban J connectivity index is 2.43. The van der Waals surface area contributed by atoms with Crippen molar-refractivity contribution >= 4 is 0 Å². The number of hydrogen-bond acceptors (Lipinski definition) is 3. The summed E-state index contributed by atoms with van der Waals surface area (Å²) in [4.78, 5) is 31.3. The molecule has 2 heterocycles. The van der Waals surface area contributed by atoms with Gasteiger partial charge in [-0.25, -0.2) is 4.79 Å². The molecule has 5 nitrogen and oxygen atoms in total. The van der Waals surface area contributed by atoms with E-state index >= 15 is 0 Å². The van der Waals surface area contributed by atoms with Crippen LogP contribution in [-0.2, 0) is 6.42 Å². The van der Waals surface area contributed by atoms with Gasteiger partial charge in [-0.3, -0.25) is 14.8 Å². The second-order valence-electron chi connectivity index (χ2n) is 3.55. The molecule has 0 aliphatic heterocycles. The lowest BCUT2D eigenvalue weighted by Gasteiger charge is -2.03. The van der Waals surface area contributed by atoms with Crippen molar-refractivity contribution in [3.05, 3.63) is 62.2 Å². The summed E-state index contributed by atoms with van der Waals surface area (Å²) in [6, 6.07) is 3.70. The lowest BCUT2D eigenvalue weighted by Crippen LogP contribution is -2.27. The summed E-state index contributed by atoms with van der Waals surface area (Å²) >= 11 is 0. The smallest absolute Gasteiger partial charge is 0.311 e. The second kappa shape index (κ2) is 4.14. The van der Waals surface area contributed by atoms with Crippen molar-refractivity contribution in [1.29, 1.82) is 0 Å². The maximum atomic E-state index is 11.6. The lowest BCUT2D eigenvalue weighted by molar-refractivity contribution is 0.931. The topological polar surface area (TPSA) is 78.6 Å². The van der Waals surface area contributed by atoms with E-state index in [1.165, 1.54) is 0 Å². The summed E-state index contributed by atoms with van der Waals surface area (Å²) < 4.78 is 0. The first-order valence-electron chi connectivity index (χ1n) is 4.88. The highest BCUT2D eigenvalue weighted by Crippen LogP contribution is 2.05. The molecular weight excluding hydrogens is 206 g/mol. The van der Waals surface area contributed by atoms with E-state index in [1.54, 1.807) is 19.3 Å². The van der Waals surface area contributed by atoms with Crippen molar-refractivity contribution in [2.24, 2.45) is 0 Å². The fraction of sp³-hybridized carbons (Fsp3) is 0.182. The Morgan fingerprint density at radius 2 is 2.12 bits per heavy atom. The zero-order valence-corrected chi connectivity index (χ0v) is 8.78. The highest BCUT2D eigenvalue weighted by atomic mass is 16.2. The van der Waals surface area contributed by atoms with Crippen molar-refractivity contribution in [1.82, 2.24) is 15.0 Å². The predicted octanol–water partition coefficient (Wildman–Crippen LogP) is 0.357. The summed E-state index contributed by atoms with van der Waals surface area (Å²) in [5, 5.41) is 0. The Morgan fingerprint density at radius 1 is 1.31 bits per heavy atom. The van der Waals surface area contributed by atoms with E-state index in [0.717, 1.165) is 5.56 Å². The average Bonchev–Trinajstić information content (AvgIpc) is 2.25. The van der Waals surface area contributed by atoms with Crippen LogP contribution < -0.4 is 11.2 Å². The summed E-state index contributed by atoms with van der Waals surface area (Å²) in [5.41, 5.74) is 1.27. The molecule has 2 aromatic heterocycles. The van der Waals surface area contributed by atoms with Crippen molar-refractivity contribution < 1.29 is 0 Å². The van der Waals surface area contributed by atoms with Crippen molar-refractivity contribution in [2.75, 3.05) is 0 Å². The van der Waals surface area contributed by atoms with Crippen LogP contribution in [0.25, 0.3) is 0 Å². The summed E-state index contributed by atoms with van der Waals surface area (Å²) in [6.07, 6.45) is 3.84. The Morgan fingerprint density at radius 3 is 2.75 bits per heavy atom. The molecule has 0 aliphatic carbocycles. The molecule has 0 saturated carbocycles. The van der Waals surface area contributed by atoms with Gasteiger partial charge in [0.2, 0.25) is 0 Å². The van der Waals surface area contributed by atoms with E-state index in [1.807, 2.05) is 12.1 Å². The van der Waals surface area contributed by atoms with Crippen LogP contribution in [0.5, 0.6) is 0 Å². The van der Waals surface area contributed by atoms with Crippen LogP contribution in [0.15, 0.2) is 34.1 Å². The molecule has 16 heavy (non-hydrogen) atoms. The molecule has 2 rings (SSSR count). The number of aromatic amines is 2. The van der Waals surface area contributed by atoms with Crippen LogP contribution in [0, 0.1) is 6.92 Å². The Kier molecular flexibility index (Phi) is 2.68. The van der Waals surface area contributed by atoms with Gasteiger partial charge < -0.3 is 4.98 Å². The molecule has 0 atom stereocenters. The third kappa shape index (κ3) is 2.08. The lowest BCUT2D eigenvalue weighted by atomic mass is 10.1. The molecular formula is C11H11N3O2. The van der Waals surface area contributed by atoms with Crippen molar-refractivity contribution in [3.63, 3.8) is 0 Å². The normalized spacial score (nSPS) is 10.3. The molecule has 0 amide bonds. The number of rotatable bonds is 2. The fourth-order valence-electron chi connectivity index (χ4n) is 1.55. The van der Waals surface area contributed by atoms with Crippen molar-refractivity contribution in [3.8, 4) is 0 Å². The Labute approximate surface area is 91.2 Å². The van der Waals surface area contributed by atoms with Gasteiger partial charge in [0.1, 0.15) is 0 Å². The number of aromatic nitrogens is 3. The van der Waals surface area contributed by atoms with Gasteiger partial charge in [0.25, 0.3) is 5.56 Å². The molecule has 82 valence electrons. The Hall–Kier alpha value is -2.17. The number of H-pyrrole nitrogens is 2. The van der Waals surface area contributed by atoms with Crippen LogP contribution in [-0.4, -0.2) is 15.0 Å². The number of pyridine rings is 1. The molecule has 0 aromatic carbocycles. The zero-order valence-electron chi connectivity index (χ0n) is 8.78. The second-order valence-corrected chi connectivity index (χ2v) is 3.55. The number of hydrogen-bond donors (Lipinski definition) is 2. The monoisotopic (exact) mass is 217 g/mol. The van der Waals surface area contributed by atoms with E-state index in [2.05, 4.69) is 15.0 Å². The molecule has 2 aromatic rings. The predicted molar refractivity (Wildman–Crippen MR) is 59.5 cm³/mol. The molecule has 5 heteroatoms. The van der Waals surface area contributed by atoms with Gasteiger partial charge in [-0.15, -0.1) is 0 Å². The maximum Gasteiger partial charge on any atom is 0.325 e. The van der Waals surface area contributed by atoms with Crippen LogP contribution in [0.3, 0.4) is 0 Å². The van der Waals surface area contributed by atoms with Crippen LogP contribution in [0.1, 0.15) is 16.8 Å². The van der Waals surface area contributed by atoms with Crippen LogP contribution in [0.2, 0.25) is 0 Å². The van der Waals surface area contributed by atoms with Crippen LogP contribution in [0.4, 0.5) is 0 Å². The standard InChI is InChI=1S/C11H11N3O2/c1-7-9(10(15)14-11(16)13-7)5-8-3-2-4-12-6-8/h2-4,6H,5H2,1H3,(H2,13,14,15,16). The number of aryl methyl sites for hydroxylation is 1. The molecule has 0 saturated heterocycles. The third-order valence-corrected chi connectivity index (χ3v) is 2.36. The first-order valence-corrected chi connectivity index (χ1v) is 4.88. The van der Waals surface area contributed by atoms with Crippen LogP contribution >= 0.6 is 0 Å². The minimum atomic E-state index is -0.475. The van der Waals surface area contributed by atoms with Gasteiger partial charge in [-0.05, 0) is 18.6 Å². The van der Waals surface area contributed by atoms with E-state index in [4.69, 9.17) is 0 Å². The van der Waals surface area contributed by atoms with Gasteiger partial charge in [-0.1, -0.05) is 6.07 Å². The maximum absolute atomic E-state index is 11.6. The van der Waals surface area contributed by atoms with Gasteiger partial charge in [0.05, 0.1) is 0 Å².